The van der Waals surface area contributed by atoms with Crippen molar-refractivity contribution in [1.29, 1.82) is 0 Å². The van der Waals surface area contributed by atoms with Gasteiger partial charge in [-0.2, -0.15) is 5.10 Å². The molecule has 1 saturated heterocycles. The minimum Gasteiger partial charge on any atom is -0.369 e. The quantitative estimate of drug-likeness (QED) is 0.717. The van der Waals surface area contributed by atoms with E-state index in [1.165, 1.54) is 5.56 Å². The third-order valence-electron chi connectivity index (χ3n) is 5.12. The monoisotopic (exact) mass is 392 g/mol. The maximum absolute atomic E-state index is 6.08. The molecule has 0 amide bonds. The molecular weight excluding hydrogens is 364 g/mol. The summed E-state index contributed by atoms with van der Waals surface area (Å²) in [5, 5.41) is 7.85. The van der Waals surface area contributed by atoms with Crippen LogP contribution in [0.5, 0.6) is 0 Å². The van der Waals surface area contributed by atoms with Crippen molar-refractivity contribution in [3.63, 3.8) is 0 Å². The molecule has 0 saturated carbocycles. The molecule has 4 rings (SSSR count). The molecule has 1 aliphatic heterocycles. The van der Waals surface area contributed by atoms with Crippen LogP contribution in [-0.2, 0) is 18.3 Å². The van der Waals surface area contributed by atoms with E-state index in [2.05, 4.69) is 39.5 Å². The van der Waals surface area contributed by atoms with E-state index in [-0.39, 0.29) is 6.10 Å². The lowest BCUT2D eigenvalue weighted by Gasteiger charge is -2.32. The molecule has 0 radical (unpaired) electrons. The van der Waals surface area contributed by atoms with Crippen molar-refractivity contribution < 1.29 is 4.74 Å². The summed E-state index contributed by atoms with van der Waals surface area (Å²) < 4.78 is 7.96. The molecule has 1 unspecified atom stereocenters. The zero-order valence-electron chi connectivity index (χ0n) is 17.5. The lowest BCUT2D eigenvalue weighted by molar-refractivity contribution is -0.0350. The Morgan fingerprint density at radius 1 is 1.14 bits per heavy atom. The average molecular weight is 393 g/mol. The van der Waals surface area contributed by atoms with Gasteiger partial charge in [0.2, 0.25) is 0 Å². The highest BCUT2D eigenvalue weighted by Crippen LogP contribution is 2.26. The van der Waals surface area contributed by atoms with Crippen LogP contribution in [0.4, 0.5) is 11.5 Å². The first-order valence-corrected chi connectivity index (χ1v) is 9.98. The fourth-order valence-electron chi connectivity index (χ4n) is 3.76. The second-order valence-corrected chi connectivity index (χ2v) is 7.72. The minimum atomic E-state index is -0.0494. The molecule has 3 aromatic heterocycles. The summed E-state index contributed by atoms with van der Waals surface area (Å²) in [5.74, 6) is 0.833. The van der Waals surface area contributed by atoms with Crippen molar-refractivity contribution in [2.75, 3.05) is 25.0 Å². The molecule has 152 valence electrons. The van der Waals surface area contributed by atoms with E-state index in [0.717, 1.165) is 53.9 Å². The Morgan fingerprint density at radius 2 is 2.00 bits per heavy atom. The van der Waals surface area contributed by atoms with E-state index in [9.17, 15) is 0 Å². The number of rotatable bonds is 5. The predicted octanol–water partition coefficient (Wildman–Crippen LogP) is 3.45. The van der Waals surface area contributed by atoms with E-state index in [1.807, 2.05) is 49.8 Å². The van der Waals surface area contributed by atoms with Crippen LogP contribution < -0.4 is 5.32 Å². The molecule has 7 nitrogen and oxygen atoms in total. The molecular formula is C22H28N6O. The van der Waals surface area contributed by atoms with Crippen molar-refractivity contribution in [1.82, 2.24) is 24.6 Å². The van der Waals surface area contributed by atoms with Crippen molar-refractivity contribution >= 4 is 11.5 Å². The van der Waals surface area contributed by atoms with Gasteiger partial charge in [-0.05, 0) is 45.0 Å². The summed E-state index contributed by atoms with van der Waals surface area (Å²) in [7, 11) is 1.97. The topological polar surface area (TPSA) is 68.1 Å². The second-order valence-electron chi connectivity index (χ2n) is 7.72. The SMILES string of the molecule is Cc1cccc(Nc2cc(C)nc(C3CN(Cc4cn(C)nc4C)CCO3)c2)n1. The van der Waals surface area contributed by atoms with E-state index < -0.39 is 0 Å². The van der Waals surface area contributed by atoms with Crippen LogP contribution in [0.15, 0.2) is 36.5 Å². The van der Waals surface area contributed by atoms with Crippen LogP contribution in [0.25, 0.3) is 0 Å². The molecule has 0 aliphatic carbocycles. The summed E-state index contributed by atoms with van der Waals surface area (Å²) in [6.07, 6.45) is 2.05. The number of hydrogen-bond donors (Lipinski definition) is 1. The number of pyridine rings is 2. The van der Waals surface area contributed by atoms with Gasteiger partial charge in [-0.15, -0.1) is 0 Å². The Hall–Kier alpha value is -2.77. The molecule has 4 heterocycles. The molecule has 0 spiro atoms. The molecule has 1 aliphatic rings. The first kappa shape index (κ1) is 19.5. The maximum atomic E-state index is 6.08. The minimum absolute atomic E-state index is 0.0494. The Balaban J connectivity index is 1.49. The molecule has 7 heteroatoms. The van der Waals surface area contributed by atoms with Crippen LogP contribution >= 0.6 is 0 Å². The number of aromatic nitrogens is 4. The molecule has 0 bridgehead atoms. The van der Waals surface area contributed by atoms with Crippen molar-refractivity contribution in [3.05, 3.63) is 64.9 Å². The van der Waals surface area contributed by atoms with E-state index in [1.54, 1.807) is 0 Å². The summed E-state index contributed by atoms with van der Waals surface area (Å²) in [4.78, 5) is 11.7. The number of ether oxygens (including phenoxy) is 1. The number of morpholine rings is 1. The zero-order valence-corrected chi connectivity index (χ0v) is 17.5. The van der Waals surface area contributed by atoms with Crippen LogP contribution in [0.3, 0.4) is 0 Å². The summed E-state index contributed by atoms with van der Waals surface area (Å²) in [6, 6.07) is 10.1. The van der Waals surface area contributed by atoms with Gasteiger partial charge in [0.05, 0.1) is 18.0 Å². The Labute approximate surface area is 171 Å². The highest BCUT2D eigenvalue weighted by Gasteiger charge is 2.24. The van der Waals surface area contributed by atoms with Crippen molar-refractivity contribution in [2.45, 2.75) is 33.4 Å². The molecule has 3 aromatic rings. The molecule has 1 fully saturated rings. The van der Waals surface area contributed by atoms with Gasteiger partial charge in [-0.1, -0.05) is 6.07 Å². The van der Waals surface area contributed by atoms with Gasteiger partial charge in [-0.25, -0.2) is 4.98 Å². The fraction of sp³-hybridized carbons (Fsp3) is 0.409. The van der Waals surface area contributed by atoms with Gasteiger partial charge in [0.1, 0.15) is 11.9 Å². The summed E-state index contributed by atoms with van der Waals surface area (Å²) in [6.45, 7) is 9.36. The van der Waals surface area contributed by atoms with Crippen LogP contribution in [0.2, 0.25) is 0 Å². The smallest absolute Gasteiger partial charge is 0.130 e. The third kappa shape index (κ3) is 4.81. The first-order valence-electron chi connectivity index (χ1n) is 9.98. The third-order valence-corrected chi connectivity index (χ3v) is 5.12. The van der Waals surface area contributed by atoms with Gasteiger partial charge in [0, 0.05) is 55.5 Å². The average Bonchev–Trinajstić information content (AvgIpc) is 2.98. The first-order chi connectivity index (χ1) is 14.0. The van der Waals surface area contributed by atoms with Crippen molar-refractivity contribution in [2.24, 2.45) is 7.05 Å². The Bertz CT molecular complexity index is 999. The van der Waals surface area contributed by atoms with E-state index in [0.29, 0.717) is 6.61 Å². The normalized spacial score (nSPS) is 17.4. The molecule has 29 heavy (non-hydrogen) atoms. The lowest BCUT2D eigenvalue weighted by Crippen LogP contribution is -2.38. The highest BCUT2D eigenvalue weighted by molar-refractivity contribution is 5.57. The van der Waals surface area contributed by atoms with Gasteiger partial charge in [-0.3, -0.25) is 14.6 Å². The number of aryl methyl sites for hydroxylation is 4. The Morgan fingerprint density at radius 3 is 2.76 bits per heavy atom. The van der Waals surface area contributed by atoms with Crippen LogP contribution in [0.1, 0.15) is 34.4 Å². The number of anilines is 2. The van der Waals surface area contributed by atoms with Gasteiger partial charge in [0.25, 0.3) is 0 Å². The Kier molecular flexibility index (Phi) is 5.60. The van der Waals surface area contributed by atoms with Gasteiger partial charge in [0.15, 0.2) is 0 Å². The molecule has 0 aromatic carbocycles. The lowest BCUT2D eigenvalue weighted by atomic mass is 10.1. The fourth-order valence-corrected chi connectivity index (χ4v) is 3.76. The summed E-state index contributed by atoms with van der Waals surface area (Å²) in [5.41, 5.74) is 6.22. The second kappa shape index (κ2) is 8.31. The number of hydrogen-bond acceptors (Lipinski definition) is 6. The predicted molar refractivity (Wildman–Crippen MR) is 113 cm³/mol. The summed E-state index contributed by atoms with van der Waals surface area (Å²) >= 11 is 0. The highest BCUT2D eigenvalue weighted by atomic mass is 16.5. The van der Waals surface area contributed by atoms with Crippen LogP contribution in [0, 0.1) is 20.8 Å². The number of nitrogens with one attached hydrogen (secondary N) is 1. The van der Waals surface area contributed by atoms with Crippen molar-refractivity contribution in [3.8, 4) is 0 Å². The zero-order chi connectivity index (χ0) is 20.4. The molecule has 1 atom stereocenters. The maximum Gasteiger partial charge on any atom is 0.130 e. The molecule has 1 N–H and O–H groups in total. The standard InChI is InChI=1S/C22H28N6O/c1-15-6-5-7-22(24-15)25-19-10-16(2)23-20(11-19)21-14-28(8-9-29-21)13-18-12-27(4)26-17(18)3/h5-7,10-12,21H,8-9,13-14H2,1-4H3,(H,23,24,25). The number of nitrogens with zero attached hydrogens (tertiary/aromatic N) is 5. The van der Waals surface area contributed by atoms with Crippen LogP contribution in [-0.4, -0.2) is 44.3 Å². The van der Waals surface area contributed by atoms with Gasteiger partial charge >= 0.3 is 0 Å². The largest absolute Gasteiger partial charge is 0.369 e. The van der Waals surface area contributed by atoms with Gasteiger partial charge < -0.3 is 10.1 Å². The van der Waals surface area contributed by atoms with E-state index >= 15 is 0 Å². The van der Waals surface area contributed by atoms with E-state index in [4.69, 9.17) is 9.72 Å².